The number of rotatable bonds is 4. The van der Waals surface area contributed by atoms with Crippen molar-refractivity contribution in [3.8, 4) is 0 Å². The molecule has 0 atom stereocenters. The first kappa shape index (κ1) is 16.3. The number of nitrogens with zero attached hydrogens (tertiary/aromatic N) is 1. The van der Waals surface area contributed by atoms with Gasteiger partial charge in [0, 0.05) is 0 Å². The van der Waals surface area contributed by atoms with Gasteiger partial charge in [0.15, 0.2) is 0 Å². The zero-order valence-electron chi connectivity index (χ0n) is 13.7. The summed E-state index contributed by atoms with van der Waals surface area (Å²) in [5, 5.41) is 0. The molecule has 0 aromatic heterocycles. The first-order chi connectivity index (χ1) is 11.5. The molecule has 0 unspecified atom stereocenters. The fourth-order valence-corrected chi connectivity index (χ4v) is 4.44. The van der Waals surface area contributed by atoms with Crippen molar-refractivity contribution in [2.45, 2.75) is 18.7 Å². The van der Waals surface area contributed by atoms with Crippen LogP contribution >= 0.6 is 0 Å². The van der Waals surface area contributed by atoms with Gasteiger partial charge < -0.3 is 0 Å². The summed E-state index contributed by atoms with van der Waals surface area (Å²) in [7, 11) is -3.73. The van der Waals surface area contributed by atoms with Crippen molar-refractivity contribution in [1.29, 1.82) is 0 Å². The number of sulfonamides is 1. The van der Waals surface area contributed by atoms with Gasteiger partial charge in [0.05, 0.1) is 16.3 Å². The van der Waals surface area contributed by atoms with Crippen LogP contribution in [-0.2, 0) is 10.0 Å². The largest absolute Gasteiger partial charge is 0.268 e. The van der Waals surface area contributed by atoms with E-state index in [4.69, 9.17) is 0 Å². The summed E-state index contributed by atoms with van der Waals surface area (Å²) in [6.07, 6.45) is 0. The lowest BCUT2D eigenvalue weighted by molar-refractivity contribution is 0.595. The third-order valence-corrected chi connectivity index (χ3v) is 5.74. The Morgan fingerprint density at radius 1 is 0.708 bits per heavy atom. The van der Waals surface area contributed by atoms with Gasteiger partial charge in [0.2, 0.25) is 0 Å². The Kier molecular flexibility index (Phi) is 4.40. The fourth-order valence-electron chi connectivity index (χ4n) is 2.64. The molecule has 0 fully saturated rings. The Bertz CT molecular complexity index is 896. The van der Waals surface area contributed by atoms with Gasteiger partial charge in [-0.3, -0.25) is 0 Å². The molecule has 24 heavy (non-hydrogen) atoms. The summed E-state index contributed by atoms with van der Waals surface area (Å²) in [6.45, 7) is 3.72. The third-order valence-electron chi connectivity index (χ3n) is 3.84. The molecule has 0 bridgehead atoms. The van der Waals surface area contributed by atoms with Gasteiger partial charge in [0.25, 0.3) is 10.0 Å². The predicted octanol–water partition coefficient (Wildman–Crippen LogP) is 4.83. The number of para-hydroxylation sites is 2. The van der Waals surface area contributed by atoms with Crippen LogP contribution < -0.4 is 4.31 Å². The van der Waals surface area contributed by atoms with Crippen LogP contribution in [0.5, 0.6) is 0 Å². The summed E-state index contributed by atoms with van der Waals surface area (Å²) in [6, 6.07) is 23.8. The van der Waals surface area contributed by atoms with Crippen molar-refractivity contribution in [3.05, 3.63) is 90.0 Å². The molecule has 0 aliphatic heterocycles. The molecule has 0 saturated heterocycles. The summed E-state index contributed by atoms with van der Waals surface area (Å²) < 4.78 is 28.3. The SMILES string of the molecule is Cc1ccc(C)c(S(=O)(=O)N(c2ccccc2)c2ccccc2)c1. The highest BCUT2D eigenvalue weighted by atomic mass is 32.2. The van der Waals surface area contributed by atoms with E-state index in [-0.39, 0.29) is 0 Å². The first-order valence-corrected chi connectivity index (χ1v) is 9.17. The minimum atomic E-state index is -3.73. The molecule has 3 nitrogen and oxygen atoms in total. The first-order valence-electron chi connectivity index (χ1n) is 7.73. The molecule has 0 amide bonds. The molecular formula is C20H19NO2S. The highest BCUT2D eigenvalue weighted by Gasteiger charge is 2.28. The maximum atomic E-state index is 13.4. The maximum absolute atomic E-state index is 13.4. The van der Waals surface area contributed by atoms with Crippen molar-refractivity contribution >= 4 is 21.4 Å². The van der Waals surface area contributed by atoms with Crippen LogP contribution in [0.25, 0.3) is 0 Å². The molecule has 122 valence electrons. The maximum Gasteiger partial charge on any atom is 0.268 e. The van der Waals surface area contributed by atoms with Crippen LogP contribution in [0.3, 0.4) is 0 Å². The number of benzene rings is 3. The van der Waals surface area contributed by atoms with Crippen LogP contribution in [0.4, 0.5) is 11.4 Å². The minimum Gasteiger partial charge on any atom is -0.235 e. The van der Waals surface area contributed by atoms with E-state index in [2.05, 4.69) is 0 Å². The smallest absolute Gasteiger partial charge is 0.235 e. The minimum absolute atomic E-state index is 0.329. The van der Waals surface area contributed by atoms with Crippen molar-refractivity contribution in [2.24, 2.45) is 0 Å². The van der Waals surface area contributed by atoms with Gasteiger partial charge in [-0.05, 0) is 55.3 Å². The summed E-state index contributed by atoms with van der Waals surface area (Å²) in [5.41, 5.74) is 2.88. The van der Waals surface area contributed by atoms with Crippen molar-refractivity contribution < 1.29 is 8.42 Å². The molecular weight excluding hydrogens is 318 g/mol. The lowest BCUT2D eigenvalue weighted by atomic mass is 10.2. The predicted molar refractivity (Wildman–Crippen MR) is 98.1 cm³/mol. The van der Waals surface area contributed by atoms with E-state index in [0.717, 1.165) is 11.1 Å². The zero-order chi connectivity index (χ0) is 17.2. The Balaban J connectivity index is 2.24. The Labute approximate surface area is 143 Å². The molecule has 0 spiro atoms. The van der Waals surface area contributed by atoms with Crippen LogP contribution in [0.2, 0.25) is 0 Å². The monoisotopic (exact) mass is 337 g/mol. The van der Waals surface area contributed by atoms with Crippen LogP contribution in [0, 0.1) is 13.8 Å². The van der Waals surface area contributed by atoms with E-state index in [1.165, 1.54) is 4.31 Å². The van der Waals surface area contributed by atoms with E-state index >= 15 is 0 Å². The molecule has 4 heteroatoms. The molecule has 0 N–H and O–H groups in total. The fraction of sp³-hybridized carbons (Fsp3) is 0.100. The third kappa shape index (κ3) is 3.05. The lowest BCUT2D eigenvalue weighted by Crippen LogP contribution is -2.27. The second-order valence-electron chi connectivity index (χ2n) is 5.71. The molecule has 0 saturated carbocycles. The Hall–Kier alpha value is -2.59. The zero-order valence-corrected chi connectivity index (χ0v) is 14.5. The van der Waals surface area contributed by atoms with Gasteiger partial charge in [-0.15, -0.1) is 0 Å². The number of anilines is 2. The van der Waals surface area contributed by atoms with Crippen LogP contribution in [-0.4, -0.2) is 8.42 Å². The quantitative estimate of drug-likeness (QED) is 0.684. The number of aryl methyl sites for hydroxylation is 2. The normalized spacial score (nSPS) is 11.2. The van der Waals surface area contributed by atoms with Crippen LogP contribution in [0.1, 0.15) is 11.1 Å². The highest BCUT2D eigenvalue weighted by molar-refractivity contribution is 7.93. The number of hydrogen-bond donors (Lipinski definition) is 0. The molecule has 0 aliphatic rings. The molecule has 3 rings (SSSR count). The summed E-state index contributed by atoms with van der Waals surface area (Å²) in [5.74, 6) is 0. The van der Waals surface area contributed by atoms with E-state index in [9.17, 15) is 8.42 Å². The average Bonchev–Trinajstić information content (AvgIpc) is 2.59. The van der Waals surface area contributed by atoms with Gasteiger partial charge in [-0.2, -0.15) is 0 Å². The second kappa shape index (κ2) is 6.49. The van der Waals surface area contributed by atoms with E-state index in [1.807, 2.05) is 62.4 Å². The Morgan fingerprint density at radius 2 is 1.21 bits per heavy atom. The molecule has 3 aromatic rings. The van der Waals surface area contributed by atoms with E-state index < -0.39 is 10.0 Å². The second-order valence-corrected chi connectivity index (χ2v) is 7.46. The van der Waals surface area contributed by atoms with Gasteiger partial charge in [-0.1, -0.05) is 48.5 Å². The van der Waals surface area contributed by atoms with Gasteiger partial charge in [0.1, 0.15) is 0 Å². The van der Waals surface area contributed by atoms with Crippen molar-refractivity contribution in [1.82, 2.24) is 0 Å². The Morgan fingerprint density at radius 3 is 1.71 bits per heavy atom. The van der Waals surface area contributed by atoms with Gasteiger partial charge in [-0.25, -0.2) is 12.7 Å². The standard InChI is InChI=1S/C20H19NO2S/c1-16-13-14-17(2)20(15-16)24(22,23)21(18-9-5-3-6-10-18)19-11-7-4-8-12-19/h3-15H,1-2H3. The number of hydrogen-bond acceptors (Lipinski definition) is 2. The van der Waals surface area contributed by atoms with E-state index in [0.29, 0.717) is 16.3 Å². The molecule has 3 aromatic carbocycles. The van der Waals surface area contributed by atoms with Gasteiger partial charge >= 0.3 is 0 Å². The summed E-state index contributed by atoms with van der Waals surface area (Å²) >= 11 is 0. The van der Waals surface area contributed by atoms with E-state index in [1.54, 1.807) is 30.3 Å². The van der Waals surface area contributed by atoms with Crippen LogP contribution in [0.15, 0.2) is 83.8 Å². The summed E-state index contributed by atoms with van der Waals surface area (Å²) in [4.78, 5) is 0.329. The highest BCUT2D eigenvalue weighted by Crippen LogP contribution is 2.33. The average molecular weight is 337 g/mol. The molecule has 0 heterocycles. The molecule has 0 aliphatic carbocycles. The van der Waals surface area contributed by atoms with Crippen molar-refractivity contribution in [3.63, 3.8) is 0 Å². The molecule has 0 radical (unpaired) electrons. The van der Waals surface area contributed by atoms with Crippen molar-refractivity contribution in [2.75, 3.05) is 4.31 Å². The topological polar surface area (TPSA) is 37.4 Å². The lowest BCUT2D eigenvalue weighted by Gasteiger charge is -2.25.